The van der Waals surface area contributed by atoms with Crippen LogP contribution in [0.15, 0.2) is 36.4 Å². The van der Waals surface area contributed by atoms with Gasteiger partial charge in [0.25, 0.3) is 0 Å². The Balaban J connectivity index is 2.35. The van der Waals surface area contributed by atoms with Crippen molar-refractivity contribution in [1.82, 2.24) is 4.98 Å². The molecular formula is C13H13NO2. The van der Waals surface area contributed by atoms with E-state index < -0.39 is 5.97 Å². The van der Waals surface area contributed by atoms with Gasteiger partial charge in [0.15, 0.2) is 0 Å². The number of benzene rings is 1. The van der Waals surface area contributed by atoms with Gasteiger partial charge in [0.2, 0.25) is 0 Å². The van der Waals surface area contributed by atoms with Gasteiger partial charge in [0, 0.05) is 17.0 Å². The van der Waals surface area contributed by atoms with Crippen molar-refractivity contribution in [3.8, 4) is 0 Å². The second kappa shape index (κ2) is 4.31. The molecule has 0 bridgehead atoms. The molecule has 1 N–H and O–H groups in total. The molecule has 0 aliphatic carbocycles. The van der Waals surface area contributed by atoms with Crippen LogP contribution in [0.4, 0.5) is 0 Å². The Morgan fingerprint density at radius 2 is 2.06 bits per heavy atom. The van der Waals surface area contributed by atoms with Crippen LogP contribution < -0.4 is 0 Å². The Morgan fingerprint density at radius 3 is 2.81 bits per heavy atom. The predicted molar refractivity (Wildman–Crippen MR) is 62.4 cm³/mol. The molecule has 1 heterocycles. The van der Waals surface area contributed by atoms with Crippen LogP contribution in [-0.2, 0) is 4.79 Å². The Bertz CT molecular complexity index is 522. The van der Waals surface area contributed by atoms with Crippen LogP contribution in [0.5, 0.6) is 0 Å². The smallest absolute Gasteiger partial charge is 0.304 e. The highest BCUT2D eigenvalue weighted by Crippen LogP contribution is 2.20. The molecule has 0 amide bonds. The van der Waals surface area contributed by atoms with Crippen LogP contribution in [0.3, 0.4) is 0 Å². The van der Waals surface area contributed by atoms with Gasteiger partial charge in [0.1, 0.15) is 0 Å². The number of carboxylic acid groups (broad SMARTS) is 1. The highest BCUT2D eigenvalue weighted by atomic mass is 16.4. The summed E-state index contributed by atoms with van der Waals surface area (Å²) in [6.45, 7) is 1.88. The second-order valence-electron chi connectivity index (χ2n) is 3.93. The quantitative estimate of drug-likeness (QED) is 0.856. The summed E-state index contributed by atoms with van der Waals surface area (Å²) in [5.74, 6) is -0.843. The Kier molecular flexibility index (Phi) is 2.86. The van der Waals surface area contributed by atoms with Crippen molar-refractivity contribution >= 4 is 16.9 Å². The summed E-state index contributed by atoms with van der Waals surface area (Å²) in [6.07, 6.45) is 0.116. The molecule has 0 radical (unpaired) electrons. The van der Waals surface area contributed by atoms with Crippen molar-refractivity contribution in [2.45, 2.75) is 19.3 Å². The minimum Gasteiger partial charge on any atom is -0.481 e. The lowest BCUT2D eigenvalue weighted by molar-refractivity contribution is -0.137. The van der Waals surface area contributed by atoms with Crippen molar-refractivity contribution in [2.75, 3.05) is 0 Å². The van der Waals surface area contributed by atoms with Gasteiger partial charge in [-0.15, -0.1) is 0 Å². The fourth-order valence-electron chi connectivity index (χ4n) is 1.72. The molecule has 0 aliphatic heterocycles. The molecule has 0 saturated heterocycles. The van der Waals surface area contributed by atoms with Gasteiger partial charge >= 0.3 is 5.97 Å². The minimum absolute atomic E-state index is 0.0536. The zero-order valence-corrected chi connectivity index (χ0v) is 9.05. The van der Waals surface area contributed by atoms with Crippen LogP contribution in [0.1, 0.15) is 25.0 Å². The topological polar surface area (TPSA) is 50.2 Å². The zero-order valence-electron chi connectivity index (χ0n) is 9.05. The standard InChI is InChI=1S/C13H13NO2/c1-9(8-13(15)16)11-7-6-10-4-2-3-5-12(10)14-11/h2-7,9H,8H2,1H3,(H,15,16). The molecule has 0 fully saturated rings. The average Bonchev–Trinajstić information content (AvgIpc) is 2.27. The maximum Gasteiger partial charge on any atom is 0.304 e. The summed E-state index contributed by atoms with van der Waals surface area (Å²) < 4.78 is 0. The highest BCUT2D eigenvalue weighted by molar-refractivity contribution is 5.78. The number of aliphatic carboxylic acids is 1. The summed E-state index contributed by atoms with van der Waals surface area (Å²) in [5, 5.41) is 9.81. The van der Waals surface area contributed by atoms with E-state index in [9.17, 15) is 4.79 Å². The van der Waals surface area contributed by atoms with Crippen molar-refractivity contribution in [3.05, 3.63) is 42.1 Å². The van der Waals surface area contributed by atoms with Crippen molar-refractivity contribution in [3.63, 3.8) is 0 Å². The first-order valence-electron chi connectivity index (χ1n) is 5.24. The molecule has 0 saturated carbocycles. The van der Waals surface area contributed by atoms with E-state index in [0.29, 0.717) is 0 Å². The molecule has 2 aromatic rings. The molecule has 3 nitrogen and oxygen atoms in total. The summed E-state index contributed by atoms with van der Waals surface area (Å²) in [4.78, 5) is 15.1. The van der Waals surface area contributed by atoms with Crippen LogP contribution in [0, 0.1) is 0 Å². The molecule has 1 aromatic heterocycles. The fourth-order valence-corrected chi connectivity index (χ4v) is 1.72. The van der Waals surface area contributed by atoms with E-state index in [1.807, 2.05) is 43.3 Å². The maximum absolute atomic E-state index is 10.6. The van der Waals surface area contributed by atoms with Crippen LogP contribution >= 0.6 is 0 Å². The van der Waals surface area contributed by atoms with E-state index in [0.717, 1.165) is 16.6 Å². The first-order valence-corrected chi connectivity index (χ1v) is 5.24. The van der Waals surface area contributed by atoms with Gasteiger partial charge in [-0.25, -0.2) is 0 Å². The van der Waals surface area contributed by atoms with E-state index in [4.69, 9.17) is 5.11 Å². The number of para-hydroxylation sites is 1. The zero-order chi connectivity index (χ0) is 11.5. The number of fused-ring (bicyclic) bond motifs is 1. The summed E-state index contributed by atoms with van der Waals surface area (Å²) in [7, 11) is 0. The number of carboxylic acids is 1. The van der Waals surface area contributed by atoms with E-state index in [-0.39, 0.29) is 12.3 Å². The van der Waals surface area contributed by atoms with Crippen molar-refractivity contribution < 1.29 is 9.90 Å². The molecule has 1 atom stereocenters. The summed E-state index contributed by atoms with van der Waals surface area (Å²) >= 11 is 0. The van der Waals surface area contributed by atoms with E-state index in [2.05, 4.69) is 4.98 Å². The first-order chi connectivity index (χ1) is 7.66. The molecule has 1 aromatic carbocycles. The van der Waals surface area contributed by atoms with Gasteiger partial charge in [-0.3, -0.25) is 9.78 Å². The number of aromatic nitrogens is 1. The highest BCUT2D eigenvalue weighted by Gasteiger charge is 2.11. The number of carbonyl (C=O) groups is 1. The lowest BCUT2D eigenvalue weighted by Gasteiger charge is -2.08. The number of hydrogen-bond acceptors (Lipinski definition) is 2. The summed E-state index contributed by atoms with van der Waals surface area (Å²) in [6, 6.07) is 11.7. The molecule has 16 heavy (non-hydrogen) atoms. The second-order valence-corrected chi connectivity index (χ2v) is 3.93. The number of pyridine rings is 1. The molecular weight excluding hydrogens is 202 g/mol. The molecule has 82 valence electrons. The third kappa shape index (κ3) is 2.19. The third-order valence-corrected chi connectivity index (χ3v) is 2.61. The van der Waals surface area contributed by atoms with Gasteiger partial charge in [-0.1, -0.05) is 31.2 Å². The van der Waals surface area contributed by atoms with Crippen LogP contribution in [0.2, 0.25) is 0 Å². The van der Waals surface area contributed by atoms with E-state index >= 15 is 0 Å². The maximum atomic E-state index is 10.6. The van der Waals surface area contributed by atoms with Gasteiger partial charge in [0.05, 0.1) is 11.9 Å². The predicted octanol–water partition coefficient (Wildman–Crippen LogP) is 2.81. The third-order valence-electron chi connectivity index (χ3n) is 2.61. The SMILES string of the molecule is CC(CC(=O)O)c1ccc2ccccc2n1. The molecule has 3 heteroatoms. The molecule has 0 spiro atoms. The number of nitrogens with zero attached hydrogens (tertiary/aromatic N) is 1. The van der Waals surface area contributed by atoms with Crippen molar-refractivity contribution in [2.24, 2.45) is 0 Å². The Hall–Kier alpha value is -1.90. The van der Waals surface area contributed by atoms with Crippen LogP contribution in [0.25, 0.3) is 10.9 Å². The van der Waals surface area contributed by atoms with Crippen LogP contribution in [-0.4, -0.2) is 16.1 Å². The normalized spacial score (nSPS) is 12.6. The van der Waals surface area contributed by atoms with Gasteiger partial charge in [-0.2, -0.15) is 0 Å². The number of rotatable bonds is 3. The van der Waals surface area contributed by atoms with E-state index in [1.165, 1.54) is 0 Å². The number of hydrogen-bond donors (Lipinski definition) is 1. The monoisotopic (exact) mass is 215 g/mol. The first kappa shape index (κ1) is 10.6. The largest absolute Gasteiger partial charge is 0.481 e. The molecule has 0 aliphatic rings. The van der Waals surface area contributed by atoms with Gasteiger partial charge in [-0.05, 0) is 12.1 Å². The van der Waals surface area contributed by atoms with E-state index in [1.54, 1.807) is 0 Å². The lowest BCUT2D eigenvalue weighted by Crippen LogP contribution is -2.04. The minimum atomic E-state index is -0.789. The lowest BCUT2D eigenvalue weighted by atomic mass is 10.0. The fraction of sp³-hybridized carbons (Fsp3) is 0.231. The Labute approximate surface area is 93.7 Å². The Morgan fingerprint density at radius 1 is 1.31 bits per heavy atom. The average molecular weight is 215 g/mol. The van der Waals surface area contributed by atoms with Gasteiger partial charge < -0.3 is 5.11 Å². The summed E-state index contributed by atoms with van der Waals surface area (Å²) in [5.41, 5.74) is 1.75. The molecule has 2 rings (SSSR count). The van der Waals surface area contributed by atoms with Crippen molar-refractivity contribution in [1.29, 1.82) is 0 Å². The molecule has 1 unspecified atom stereocenters.